The molecule has 0 spiro atoms. The molecule has 2 atom stereocenters. The third kappa shape index (κ3) is 5.01. The highest BCUT2D eigenvalue weighted by atomic mass is 16.6. The van der Waals surface area contributed by atoms with Crippen molar-refractivity contribution in [3.8, 4) is 5.88 Å². The molecule has 2 aliphatic rings. The fourth-order valence-corrected chi connectivity index (χ4v) is 4.05. The summed E-state index contributed by atoms with van der Waals surface area (Å²) in [5.74, 6) is 1.17. The van der Waals surface area contributed by atoms with Gasteiger partial charge in [0.1, 0.15) is 6.61 Å². The average Bonchev–Trinajstić information content (AvgIpc) is 3.42. The number of piperidine rings is 1. The Labute approximate surface area is 161 Å². The van der Waals surface area contributed by atoms with Crippen molar-refractivity contribution in [2.75, 3.05) is 33.4 Å². The summed E-state index contributed by atoms with van der Waals surface area (Å²) in [4.78, 5) is 19.0. The van der Waals surface area contributed by atoms with Crippen LogP contribution >= 0.6 is 0 Å². The van der Waals surface area contributed by atoms with Gasteiger partial charge in [0.2, 0.25) is 5.88 Å². The summed E-state index contributed by atoms with van der Waals surface area (Å²) in [6, 6.07) is 4.28. The Balaban J connectivity index is 1.76. The van der Waals surface area contributed by atoms with E-state index in [1.54, 1.807) is 13.2 Å². The number of nitrogens with one attached hydrogen (secondary N) is 1. The van der Waals surface area contributed by atoms with Crippen LogP contribution in [-0.4, -0.2) is 55.4 Å². The Kier molecular flexibility index (Phi) is 6.37. The van der Waals surface area contributed by atoms with Crippen molar-refractivity contribution >= 4 is 6.09 Å². The molecule has 148 valence electrons. The van der Waals surface area contributed by atoms with E-state index in [0.29, 0.717) is 17.8 Å². The minimum Gasteiger partial charge on any atom is -0.481 e. The second-order valence-corrected chi connectivity index (χ2v) is 7.91. The van der Waals surface area contributed by atoms with Gasteiger partial charge >= 0.3 is 6.09 Å². The first-order valence-corrected chi connectivity index (χ1v) is 9.81. The molecule has 0 radical (unpaired) electrons. The standard InChI is InChI=1S/C21H31N3O3/c1-4-11-27-20(25)24(18-12-16(18)2)15-21(7-9-22-10-8-21)13-17-5-6-19(26-3)23-14-17/h4-6,14,16,18,22H,1,7-13,15H2,2-3H3. The summed E-state index contributed by atoms with van der Waals surface area (Å²) in [5, 5.41) is 3.45. The van der Waals surface area contributed by atoms with Gasteiger partial charge in [-0.3, -0.25) is 0 Å². The Bertz CT molecular complexity index is 641. The number of carbonyl (C=O) groups is 1. The Morgan fingerprint density at radius 2 is 2.19 bits per heavy atom. The van der Waals surface area contributed by atoms with Crippen LogP contribution in [0, 0.1) is 11.3 Å². The maximum absolute atomic E-state index is 12.7. The molecule has 2 heterocycles. The molecule has 1 aromatic heterocycles. The molecule has 1 N–H and O–H groups in total. The van der Waals surface area contributed by atoms with E-state index in [9.17, 15) is 4.79 Å². The number of methoxy groups -OCH3 is 1. The molecule has 1 aliphatic carbocycles. The maximum atomic E-state index is 12.7. The number of ether oxygens (including phenoxy) is 2. The quantitative estimate of drug-likeness (QED) is 0.710. The van der Waals surface area contributed by atoms with Crippen molar-refractivity contribution in [3.05, 3.63) is 36.5 Å². The summed E-state index contributed by atoms with van der Waals surface area (Å²) in [7, 11) is 1.62. The number of hydrogen-bond acceptors (Lipinski definition) is 5. The van der Waals surface area contributed by atoms with E-state index in [2.05, 4.69) is 29.9 Å². The molecule has 1 aliphatic heterocycles. The van der Waals surface area contributed by atoms with Crippen molar-refractivity contribution < 1.29 is 14.3 Å². The van der Waals surface area contributed by atoms with Crippen LogP contribution in [0.2, 0.25) is 0 Å². The van der Waals surface area contributed by atoms with Crippen molar-refractivity contribution in [2.45, 2.75) is 38.6 Å². The number of hydrogen-bond donors (Lipinski definition) is 1. The molecule has 2 unspecified atom stereocenters. The van der Waals surface area contributed by atoms with Crippen LogP contribution in [0.25, 0.3) is 0 Å². The average molecular weight is 373 g/mol. The minimum absolute atomic E-state index is 0.0387. The molecule has 0 bridgehead atoms. The van der Waals surface area contributed by atoms with E-state index in [1.807, 2.05) is 17.2 Å². The van der Waals surface area contributed by atoms with Gasteiger partial charge in [0.05, 0.1) is 7.11 Å². The van der Waals surface area contributed by atoms with Gasteiger partial charge in [0.15, 0.2) is 0 Å². The van der Waals surface area contributed by atoms with E-state index < -0.39 is 0 Å². The minimum atomic E-state index is -0.213. The van der Waals surface area contributed by atoms with Gasteiger partial charge in [-0.15, -0.1) is 0 Å². The number of rotatable bonds is 8. The Morgan fingerprint density at radius 1 is 1.44 bits per heavy atom. The van der Waals surface area contributed by atoms with Crippen LogP contribution < -0.4 is 10.1 Å². The van der Waals surface area contributed by atoms with Crippen LogP contribution in [0.4, 0.5) is 4.79 Å². The summed E-state index contributed by atoms with van der Waals surface area (Å²) in [5.41, 5.74) is 1.22. The zero-order chi connectivity index (χ0) is 19.3. The maximum Gasteiger partial charge on any atom is 0.410 e. The second kappa shape index (κ2) is 8.74. The molecule has 3 rings (SSSR count). The summed E-state index contributed by atoms with van der Waals surface area (Å²) >= 11 is 0. The molecule has 1 aromatic rings. The predicted octanol–water partition coefficient (Wildman–Crippen LogP) is 3.04. The molecular weight excluding hydrogens is 342 g/mol. The lowest BCUT2D eigenvalue weighted by Gasteiger charge is -2.41. The number of aromatic nitrogens is 1. The molecule has 27 heavy (non-hydrogen) atoms. The van der Waals surface area contributed by atoms with Crippen molar-refractivity contribution in [1.29, 1.82) is 0 Å². The first kappa shape index (κ1) is 19.7. The van der Waals surface area contributed by atoms with Crippen LogP contribution in [0.1, 0.15) is 31.7 Å². The highest BCUT2D eigenvalue weighted by Crippen LogP contribution is 2.41. The smallest absolute Gasteiger partial charge is 0.410 e. The number of nitrogens with zero attached hydrogens (tertiary/aromatic N) is 2. The first-order chi connectivity index (χ1) is 13.1. The Morgan fingerprint density at radius 3 is 2.74 bits per heavy atom. The molecular formula is C21H31N3O3. The summed E-state index contributed by atoms with van der Waals surface area (Å²) in [6.07, 6.45) is 7.32. The fraction of sp³-hybridized carbons (Fsp3) is 0.619. The van der Waals surface area contributed by atoms with E-state index in [4.69, 9.17) is 9.47 Å². The van der Waals surface area contributed by atoms with Gasteiger partial charge in [-0.25, -0.2) is 9.78 Å². The zero-order valence-electron chi connectivity index (χ0n) is 16.4. The predicted molar refractivity (Wildman–Crippen MR) is 105 cm³/mol. The molecule has 2 fully saturated rings. The van der Waals surface area contributed by atoms with E-state index in [1.165, 1.54) is 5.56 Å². The van der Waals surface area contributed by atoms with Crippen molar-refractivity contribution in [3.63, 3.8) is 0 Å². The third-order valence-corrected chi connectivity index (χ3v) is 5.78. The van der Waals surface area contributed by atoms with Crippen LogP contribution in [0.3, 0.4) is 0 Å². The van der Waals surface area contributed by atoms with Crippen molar-refractivity contribution in [1.82, 2.24) is 15.2 Å². The van der Waals surface area contributed by atoms with Crippen LogP contribution in [0.15, 0.2) is 31.0 Å². The van der Waals surface area contributed by atoms with Gasteiger partial charge in [0.25, 0.3) is 0 Å². The Hall–Kier alpha value is -2.08. The highest BCUT2D eigenvalue weighted by Gasteiger charge is 2.45. The first-order valence-electron chi connectivity index (χ1n) is 9.81. The number of carbonyl (C=O) groups excluding carboxylic acids is 1. The molecule has 1 saturated heterocycles. The van der Waals surface area contributed by atoms with E-state index in [-0.39, 0.29) is 18.1 Å². The van der Waals surface area contributed by atoms with Gasteiger partial charge in [-0.1, -0.05) is 25.6 Å². The third-order valence-electron chi connectivity index (χ3n) is 5.78. The monoisotopic (exact) mass is 373 g/mol. The topological polar surface area (TPSA) is 63.7 Å². The lowest BCUT2D eigenvalue weighted by atomic mass is 9.74. The van der Waals surface area contributed by atoms with Gasteiger partial charge < -0.3 is 19.7 Å². The summed E-state index contributed by atoms with van der Waals surface area (Å²) < 4.78 is 10.6. The SMILES string of the molecule is C=CCOC(=O)N(CC1(Cc2ccc(OC)nc2)CCNCC1)C1CC1C. The summed E-state index contributed by atoms with van der Waals surface area (Å²) in [6.45, 7) is 8.77. The van der Waals surface area contributed by atoms with Crippen LogP contribution in [0.5, 0.6) is 5.88 Å². The molecule has 6 heteroatoms. The molecule has 6 nitrogen and oxygen atoms in total. The lowest BCUT2D eigenvalue weighted by molar-refractivity contribution is 0.0694. The number of pyridine rings is 1. The van der Waals surface area contributed by atoms with Gasteiger partial charge in [-0.05, 0) is 55.7 Å². The molecule has 1 saturated carbocycles. The van der Waals surface area contributed by atoms with Gasteiger partial charge in [0, 0.05) is 24.8 Å². The normalized spacial score (nSPS) is 23.3. The van der Waals surface area contributed by atoms with E-state index in [0.717, 1.165) is 45.3 Å². The molecule has 1 amide bonds. The largest absolute Gasteiger partial charge is 0.481 e. The van der Waals surface area contributed by atoms with E-state index >= 15 is 0 Å². The molecule has 0 aromatic carbocycles. The second-order valence-electron chi connectivity index (χ2n) is 7.91. The fourth-order valence-electron chi connectivity index (χ4n) is 4.05. The highest BCUT2D eigenvalue weighted by molar-refractivity contribution is 5.68. The van der Waals surface area contributed by atoms with Crippen molar-refractivity contribution in [2.24, 2.45) is 11.3 Å². The number of amides is 1. The van der Waals surface area contributed by atoms with Crippen LogP contribution in [-0.2, 0) is 11.2 Å². The zero-order valence-corrected chi connectivity index (χ0v) is 16.4. The van der Waals surface area contributed by atoms with Gasteiger partial charge in [-0.2, -0.15) is 0 Å². The lowest BCUT2D eigenvalue weighted by Crippen LogP contribution is -2.49.